The molecule has 3 rings (SSSR count). The number of para-hydroxylation sites is 2. The fourth-order valence-electron chi connectivity index (χ4n) is 3.52. The fourth-order valence-corrected chi connectivity index (χ4v) is 3.52. The average molecular weight is 441 g/mol. The highest BCUT2D eigenvalue weighted by atomic mass is 16.6. The van der Waals surface area contributed by atoms with Gasteiger partial charge in [-0.15, -0.1) is 0 Å². The van der Waals surface area contributed by atoms with Crippen LogP contribution in [0.25, 0.3) is 0 Å². The first-order valence-corrected chi connectivity index (χ1v) is 10.6. The van der Waals surface area contributed by atoms with Crippen LogP contribution in [0.5, 0.6) is 5.75 Å². The van der Waals surface area contributed by atoms with Gasteiger partial charge in [-0.25, -0.2) is 0 Å². The van der Waals surface area contributed by atoms with E-state index in [9.17, 15) is 19.7 Å². The van der Waals surface area contributed by atoms with Crippen LogP contribution in [0.1, 0.15) is 20.3 Å². The van der Waals surface area contributed by atoms with Gasteiger partial charge in [0.15, 0.2) is 12.4 Å². The van der Waals surface area contributed by atoms with Crippen molar-refractivity contribution < 1.29 is 19.2 Å². The summed E-state index contributed by atoms with van der Waals surface area (Å²) in [6.07, 6.45) is 0.579. The first-order chi connectivity index (χ1) is 15.3. The number of hydrogen-bond acceptors (Lipinski definition) is 6. The zero-order chi connectivity index (χ0) is 23.1. The van der Waals surface area contributed by atoms with E-state index >= 15 is 0 Å². The van der Waals surface area contributed by atoms with Gasteiger partial charge in [0.1, 0.15) is 0 Å². The SMILES string of the molecule is CC(C)CC(=O)N1CCN(c2ccc(NC(=O)COc3ccccc3[N+](=O)[O-])cc2)CC1. The van der Waals surface area contributed by atoms with Crippen molar-refractivity contribution in [2.75, 3.05) is 43.0 Å². The average Bonchev–Trinajstić information content (AvgIpc) is 2.78. The van der Waals surface area contributed by atoms with Gasteiger partial charge in [0.25, 0.3) is 5.91 Å². The Kier molecular flexibility index (Phi) is 7.64. The van der Waals surface area contributed by atoms with E-state index in [1.54, 1.807) is 18.2 Å². The Balaban J connectivity index is 1.48. The Bertz CT molecular complexity index is 953. The molecule has 1 saturated heterocycles. The summed E-state index contributed by atoms with van der Waals surface area (Å²) in [4.78, 5) is 39.0. The van der Waals surface area contributed by atoms with E-state index in [4.69, 9.17) is 4.74 Å². The van der Waals surface area contributed by atoms with E-state index in [2.05, 4.69) is 10.2 Å². The molecule has 32 heavy (non-hydrogen) atoms. The number of nitro groups is 1. The number of benzene rings is 2. The number of rotatable bonds is 8. The van der Waals surface area contributed by atoms with Crippen LogP contribution < -0.4 is 15.0 Å². The minimum absolute atomic E-state index is 0.0500. The smallest absolute Gasteiger partial charge is 0.310 e. The van der Waals surface area contributed by atoms with Crippen molar-refractivity contribution in [3.63, 3.8) is 0 Å². The summed E-state index contributed by atoms with van der Waals surface area (Å²) >= 11 is 0. The van der Waals surface area contributed by atoms with Gasteiger partial charge < -0.3 is 19.9 Å². The molecule has 2 aromatic rings. The zero-order valence-corrected chi connectivity index (χ0v) is 18.3. The second kappa shape index (κ2) is 10.6. The molecule has 0 aliphatic carbocycles. The summed E-state index contributed by atoms with van der Waals surface area (Å²) in [6, 6.07) is 13.4. The fraction of sp³-hybridized carbons (Fsp3) is 0.391. The number of nitrogens with one attached hydrogen (secondary N) is 1. The van der Waals surface area contributed by atoms with Gasteiger partial charge in [-0.3, -0.25) is 19.7 Å². The lowest BCUT2D eigenvalue weighted by molar-refractivity contribution is -0.385. The van der Waals surface area contributed by atoms with Crippen molar-refractivity contribution >= 4 is 28.9 Å². The van der Waals surface area contributed by atoms with Crippen LogP contribution in [-0.4, -0.2) is 54.4 Å². The van der Waals surface area contributed by atoms with Crippen molar-refractivity contribution in [1.82, 2.24) is 4.90 Å². The number of carbonyl (C=O) groups is 2. The largest absolute Gasteiger partial charge is 0.477 e. The van der Waals surface area contributed by atoms with Crippen LogP contribution in [0.4, 0.5) is 17.1 Å². The molecule has 170 valence electrons. The number of carbonyl (C=O) groups excluding carboxylic acids is 2. The molecule has 0 bridgehead atoms. The minimum Gasteiger partial charge on any atom is -0.477 e. The highest BCUT2D eigenvalue weighted by molar-refractivity contribution is 5.92. The maximum atomic E-state index is 12.2. The topological polar surface area (TPSA) is 105 Å². The molecular formula is C23H28N4O5. The first kappa shape index (κ1) is 23.1. The van der Waals surface area contributed by atoms with Gasteiger partial charge in [-0.2, -0.15) is 0 Å². The number of piperazine rings is 1. The van der Waals surface area contributed by atoms with E-state index < -0.39 is 10.8 Å². The van der Waals surface area contributed by atoms with Gasteiger partial charge in [-0.1, -0.05) is 26.0 Å². The van der Waals surface area contributed by atoms with Gasteiger partial charge in [0.2, 0.25) is 5.91 Å². The Morgan fingerprint density at radius 1 is 1.06 bits per heavy atom. The number of nitrogens with zero attached hydrogens (tertiary/aromatic N) is 3. The van der Waals surface area contributed by atoms with Crippen molar-refractivity contribution in [1.29, 1.82) is 0 Å². The van der Waals surface area contributed by atoms with Gasteiger partial charge >= 0.3 is 5.69 Å². The van der Waals surface area contributed by atoms with Crippen LogP contribution >= 0.6 is 0 Å². The van der Waals surface area contributed by atoms with E-state index in [1.165, 1.54) is 18.2 Å². The van der Waals surface area contributed by atoms with E-state index in [-0.39, 0.29) is 24.0 Å². The van der Waals surface area contributed by atoms with Crippen LogP contribution in [0.3, 0.4) is 0 Å². The molecule has 1 fully saturated rings. The molecule has 0 unspecified atom stereocenters. The van der Waals surface area contributed by atoms with Crippen molar-refractivity contribution in [2.45, 2.75) is 20.3 Å². The van der Waals surface area contributed by atoms with Gasteiger partial charge in [-0.05, 0) is 36.2 Å². The third kappa shape index (κ3) is 6.19. The summed E-state index contributed by atoms with van der Waals surface area (Å²) in [7, 11) is 0. The molecule has 1 aliphatic rings. The number of hydrogen-bond donors (Lipinski definition) is 1. The van der Waals surface area contributed by atoms with Crippen molar-refractivity contribution in [2.24, 2.45) is 5.92 Å². The molecule has 9 nitrogen and oxygen atoms in total. The molecule has 0 atom stereocenters. The molecule has 2 aromatic carbocycles. The first-order valence-electron chi connectivity index (χ1n) is 10.6. The molecular weight excluding hydrogens is 412 g/mol. The Hall–Kier alpha value is -3.62. The van der Waals surface area contributed by atoms with Crippen LogP contribution in [0, 0.1) is 16.0 Å². The Morgan fingerprint density at radius 2 is 1.72 bits per heavy atom. The number of nitro benzene ring substituents is 1. The lowest BCUT2D eigenvalue weighted by atomic mass is 10.1. The normalized spacial score (nSPS) is 13.7. The monoisotopic (exact) mass is 440 g/mol. The predicted octanol–water partition coefficient (Wildman–Crippen LogP) is 3.31. The van der Waals surface area contributed by atoms with Gasteiger partial charge in [0, 0.05) is 50.0 Å². The minimum atomic E-state index is -0.550. The highest BCUT2D eigenvalue weighted by Crippen LogP contribution is 2.26. The molecule has 9 heteroatoms. The summed E-state index contributed by atoms with van der Waals surface area (Å²) < 4.78 is 5.31. The van der Waals surface area contributed by atoms with Crippen molar-refractivity contribution in [3.05, 3.63) is 58.6 Å². The second-order valence-electron chi connectivity index (χ2n) is 8.07. The predicted molar refractivity (Wildman–Crippen MR) is 122 cm³/mol. The molecule has 0 saturated carbocycles. The third-order valence-electron chi connectivity index (χ3n) is 5.15. The number of anilines is 2. The van der Waals surface area contributed by atoms with Crippen LogP contribution in [0.2, 0.25) is 0 Å². The van der Waals surface area contributed by atoms with E-state index in [0.29, 0.717) is 31.1 Å². The summed E-state index contributed by atoms with van der Waals surface area (Å²) in [5, 5.41) is 13.7. The summed E-state index contributed by atoms with van der Waals surface area (Å²) in [5.74, 6) is 0.208. The lowest BCUT2D eigenvalue weighted by Gasteiger charge is -2.36. The number of amides is 2. The third-order valence-corrected chi connectivity index (χ3v) is 5.15. The standard InChI is InChI=1S/C23H28N4O5/c1-17(2)15-23(29)26-13-11-25(12-14-26)19-9-7-18(8-10-19)24-22(28)16-32-21-6-4-3-5-20(21)27(30)31/h3-10,17H,11-16H2,1-2H3,(H,24,28). The van der Waals surface area contributed by atoms with Gasteiger partial charge in [0.05, 0.1) is 4.92 Å². The second-order valence-corrected chi connectivity index (χ2v) is 8.07. The molecule has 0 aromatic heterocycles. The highest BCUT2D eigenvalue weighted by Gasteiger charge is 2.21. The lowest BCUT2D eigenvalue weighted by Crippen LogP contribution is -2.49. The molecule has 1 N–H and O–H groups in total. The molecule has 1 heterocycles. The number of ether oxygens (including phenoxy) is 1. The Labute approximate surface area is 187 Å². The zero-order valence-electron chi connectivity index (χ0n) is 18.3. The maximum absolute atomic E-state index is 12.2. The molecule has 2 amide bonds. The maximum Gasteiger partial charge on any atom is 0.310 e. The van der Waals surface area contributed by atoms with E-state index in [1.807, 2.05) is 30.9 Å². The Morgan fingerprint density at radius 3 is 2.34 bits per heavy atom. The molecule has 0 spiro atoms. The van der Waals surface area contributed by atoms with Crippen LogP contribution in [-0.2, 0) is 9.59 Å². The quantitative estimate of drug-likeness (QED) is 0.499. The molecule has 1 aliphatic heterocycles. The summed E-state index contributed by atoms with van der Waals surface area (Å²) in [5.41, 5.74) is 1.45. The van der Waals surface area contributed by atoms with E-state index in [0.717, 1.165) is 18.8 Å². The molecule has 0 radical (unpaired) electrons. The summed E-state index contributed by atoms with van der Waals surface area (Å²) in [6.45, 7) is 6.69. The van der Waals surface area contributed by atoms with Crippen molar-refractivity contribution in [3.8, 4) is 5.75 Å². The van der Waals surface area contributed by atoms with Crippen LogP contribution in [0.15, 0.2) is 48.5 Å².